The Labute approximate surface area is 124 Å². The lowest BCUT2D eigenvalue weighted by Crippen LogP contribution is -2.53. The van der Waals surface area contributed by atoms with Gasteiger partial charge in [-0.1, -0.05) is 44.2 Å². The van der Waals surface area contributed by atoms with E-state index in [0.29, 0.717) is 18.1 Å². The maximum Gasteiger partial charge on any atom is 0.0476 e. The highest BCUT2D eigenvalue weighted by Gasteiger charge is 2.30. The molecule has 20 heavy (non-hydrogen) atoms. The van der Waals surface area contributed by atoms with E-state index in [1.807, 2.05) is 0 Å². The number of nitrogens with zero attached hydrogens (tertiary/aromatic N) is 1. The lowest BCUT2D eigenvalue weighted by molar-refractivity contribution is 0.0857. The molecule has 1 heterocycles. The summed E-state index contributed by atoms with van der Waals surface area (Å²) in [4.78, 5) is 2.71. The summed E-state index contributed by atoms with van der Waals surface area (Å²) < 4.78 is 0. The maximum atomic E-state index is 3.64. The normalized spacial score (nSPS) is 25.9. The Bertz CT molecular complexity index is 388. The fourth-order valence-electron chi connectivity index (χ4n) is 3.15. The summed E-state index contributed by atoms with van der Waals surface area (Å²) in [5.74, 6) is 0.799. The molecule has 3 atom stereocenters. The van der Waals surface area contributed by atoms with Crippen molar-refractivity contribution < 1.29 is 0 Å². The SMILES string of the molecule is CC(C)CCC(C)N1CC(C)NCC1c1ccccc1. The van der Waals surface area contributed by atoms with Crippen molar-refractivity contribution in [1.82, 2.24) is 10.2 Å². The average molecular weight is 274 g/mol. The molecule has 2 rings (SSSR count). The number of piperazine rings is 1. The molecule has 0 bridgehead atoms. The molecule has 1 aromatic carbocycles. The number of hydrogen-bond acceptors (Lipinski definition) is 2. The van der Waals surface area contributed by atoms with Crippen LogP contribution in [0.1, 0.15) is 52.1 Å². The first-order valence-corrected chi connectivity index (χ1v) is 8.12. The monoisotopic (exact) mass is 274 g/mol. The second-order valence-corrected chi connectivity index (χ2v) is 6.75. The zero-order valence-corrected chi connectivity index (χ0v) is 13.5. The summed E-state index contributed by atoms with van der Waals surface area (Å²) in [6, 6.07) is 12.7. The van der Waals surface area contributed by atoms with E-state index in [1.54, 1.807) is 0 Å². The molecule has 0 amide bonds. The molecule has 0 radical (unpaired) electrons. The minimum absolute atomic E-state index is 0.523. The molecule has 2 heteroatoms. The Morgan fingerprint density at radius 3 is 2.50 bits per heavy atom. The van der Waals surface area contributed by atoms with E-state index in [-0.39, 0.29) is 0 Å². The van der Waals surface area contributed by atoms with Gasteiger partial charge in [0.15, 0.2) is 0 Å². The van der Waals surface area contributed by atoms with Gasteiger partial charge in [-0.2, -0.15) is 0 Å². The molecule has 2 nitrogen and oxygen atoms in total. The Morgan fingerprint density at radius 1 is 1.15 bits per heavy atom. The molecule has 0 saturated carbocycles. The number of rotatable bonds is 5. The minimum Gasteiger partial charge on any atom is -0.311 e. The van der Waals surface area contributed by atoms with Crippen LogP contribution in [-0.4, -0.2) is 30.1 Å². The Balaban J connectivity index is 2.08. The van der Waals surface area contributed by atoms with Crippen LogP contribution in [0.3, 0.4) is 0 Å². The zero-order chi connectivity index (χ0) is 14.5. The summed E-state index contributed by atoms with van der Waals surface area (Å²) in [5, 5.41) is 3.64. The first-order chi connectivity index (χ1) is 9.58. The molecule has 112 valence electrons. The van der Waals surface area contributed by atoms with Crippen LogP contribution in [0.2, 0.25) is 0 Å². The number of nitrogens with one attached hydrogen (secondary N) is 1. The molecule has 1 N–H and O–H groups in total. The van der Waals surface area contributed by atoms with E-state index in [2.05, 4.69) is 68.2 Å². The number of benzene rings is 1. The molecule has 1 aliphatic rings. The average Bonchev–Trinajstić information content (AvgIpc) is 2.45. The Hall–Kier alpha value is -0.860. The molecular formula is C18H30N2. The van der Waals surface area contributed by atoms with Crippen molar-refractivity contribution in [2.24, 2.45) is 5.92 Å². The van der Waals surface area contributed by atoms with Crippen LogP contribution in [0.25, 0.3) is 0 Å². The van der Waals surface area contributed by atoms with Crippen LogP contribution < -0.4 is 5.32 Å². The van der Waals surface area contributed by atoms with E-state index in [0.717, 1.165) is 19.0 Å². The van der Waals surface area contributed by atoms with E-state index in [4.69, 9.17) is 0 Å². The highest BCUT2D eigenvalue weighted by molar-refractivity contribution is 5.20. The molecule has 3 unspecified atom stereocenters. The topological polar surface area (TPSA) is 15.3 Å². The Morgan fingerprint density at radius 2 is 1.85 bits per heavy atom. The van der Waals surface area contributed by atoms with E-state index >= 15 is 0 Å². The van der Waals surface area contributed by atoms with Crippen LogP contribution in [0.5, 0.6) is 0 Å². The van der Waals surface area contributed by atoms with Gasteiger partial charge in [-0.15, -0.1) is 0 Å². The second-order valence-electron chi connectivity index (χ2n) is 6.75. The third-order valence-electron chi connectivity index (χ3n) is 4.46. The van der Waals surface area contributed by atoms with Crippen LogP contribution in [-0.2, 0) is 0 Å². The van der Waals surface area contributed by atoms with Crippen molar-refractivity contribution in [1.29, 1.82) is 0 Å². The van der Waals surface area contributed by atoms with Gasteiger partial charge in [-0.3, -0.25) is 4.90 Å². The van der Waals surface area contributed by atoms with Gasteiger partial charge in [-0.05, 0) is 38.2 Å². The van der Waals surface area contributed by atoms with Gasteiger partial charge < -0.3 is 5.32 Å². The van der Waals surface area contributed by atoms with Gasteiger partial charge >= 0.3 is 0 Å². The van der Waals surface area contributed by atoms with Crippen molar-refractivity contribution in [3.05, 3.63) is 35.9 Å². The molecule has 0 spiro atoms. The van der Waals surface area contributed by atoms with Crippen molar-refractivity contribution >= 4 is 0 Å². The second kappa shape index (κ2) is 7.24. The first kappa shape index (κ1) is 15.5. The first-order valence-electron chi connectivity index (χ1n) is 8.12. The molecule has 1 saturated heterocycles. The van der Waals surface area contributed by atoms with E-state index in [9.17, 15) is 0 Å². The molecule has 0 aromatic heterocycles. The smallest absolute Gasteiger partial charge is 0.0476 e. The lowest BCUT2D eigenvalue weighted by Gasteiger charge is -2.43. The van der Waals surface area contributed by atoms with Gasteiger partial charge in [0.25, 0.3) is 0 Å². The standard InChI is InChI=1S/C18H30N2/c1-14(2)10-11-16(4)20-13-15(3)19-12-18(20)17-8-6-5-7-9-17/h5-9,14-16,18-19H,10-13H2,1-4H3. The predicted molar refractivity (Wildman–Crippen MR) is 86.9 cm³/mol. The maximum absolute atomic E-state index is 3.64. The van der Waals surface area contributed by atoms with Gasteiger partial charge in [0.1, 0.15) is 0 Å². The summed E-state index contributed by atoms with van der Waals surface area (Å²) in [7, 11) is 0. The molecule has 1 fully saturated rings. The summed E-state index contributed by atoms with van der Waals surface area (Å²) >= 11 is 0. The van der Waals surface area contributed by atoms with Crippen LogP contribution in [0.4, 0.5) is 0 Å². The molecule has 1 aliphatic heterocycles. The van der Waals surface area contributed by atoms with Crippen LogP contribution in [0.15, 0.2) is 30.3 Å². The van der Waals surface area contributed by atoms with Gasteiger partial charge in [-0.25, -0.2) is 0 Å². The van der Waals surface area contributed by atoms with Crippen molar-refractivity contribution in [3.8, 4) is 0 Å². The van der Waals surface area contributed by atoms with Crippen LogP contribution in [0, 0.1) is 5.92 Å². The summed E-state index contributed by atoms with van der Waals surface area (Å²) in [6.45, 7) is 11.6. The molecule has 1 aromatic rings. The summed E-state index contributed by atoms with van der Waals surface area (Å²) in [5.41, 5.74) is 1.45. The quantitative estimate of drug-likeness (QED) is 0.877. The highest BCUT2D eigenvalue weighted by atomic mass is 15.2. The fourth-order valence-corrected chi connectivity index (χ4v) is 3.15. The van der Waals surface area contributed by atoms with Crippen LogP contribution >= 0.6 is 0 Å². The van der Waals surface area contributed by atoms with Gasteiger partial charge in [0.2, 0.25) is 0 Å². The molecule has 0 aliphatic carbocycles. The Kier molecular flexibility index (Phi) is 5.62. The largest absolute Gasteiger partial charge is 0.311 e. The van der Waals surface area contributed by atoms with E-state index < -0.39 is 0 Å². The predicted octanol–water partition coefficient (Wildman–Crippen LogP) is 3.85. The van der Waals surface area contributed by atoms with Crippen molar-refractivity contribution in [2.45, 2.75) is 58.7 Å². The van der Waals surface area contributed by atoms with Crippen molar-refractivity contribution in [2.75, 3.05) is 13.1 Å². The number of hydrogen-bond donors (Lipinski definition) is 1. The third-order valence-corrected chi connectivity index (χ3v) is 4.46. The summed E-state index contributed by atoms with van der Waals surface area (Å²) in [6.07, 6.45) is 2.62. The third kappa shape index (κ3) is 4.07. The lowest BCUT2D eigenvalue weighted by atomic mass is 9.96. The minimum atomic E-state index is 0.523. The van der Waals surface area contributed by atoms with Gasteiger partial charge in [0, 0.05) is 31.2 Å². The van der Waals surface area contributed by atoms with Crippen molar-refractivity contribution in [3.63, 3.8) is 0 Å². The highest BCUT2D eigenvalue weighted by Crippen LogP contribution is 2.27. The van der Waals surface area contributed by atoms with Gasteiger partial charge in [0.05, 0.1) is 0 Å². The molecular weight excluding hydrogens is 244 g/mol. The fraction of sp³-hybridized carbons (Fsp3) is 0.667. The van der Waals surface area contributed by atoms with E-state index in [1.165, 1.54) is 18.4 Å². The zero-order valence-electron chi connectivity index (χ0n) is 13.5.